The molecule has 0 radical (unpaired) electrons. The molecule has 1 nitrogen and oxygen atoms in total. The third-order valence-corrected chi connectivity index (χ3v) is 5.21. The maximum absolute atomic E-state index is 4.58. The van der Waals surface area contributed by atoms with Crippen LogP contribution in [0.3, 0.4) is 0 Å². The summed E-state index contributed by atoms with van der Waals surface area (Å²) in [5, 5.41) is 0. The normalized spacial score (nSPS) is 11.6. The van der Waals surface area contributed by atoms with E-state index in [1.165, 1.54) is 128 Å². The van der Waals surface area contributed by atoms with Crippen molar-refractivity contribution in [2.45, 2.75) is 142 Å². The molecule has 0 aliphatic carbocycles. The van der Waals surface area contributed by atoms with Gasteiger partial charge >= 0.3 is 0 Å². The molecule has 0 aromatic heterocycles. The minimum absolute atomic E-state index is 1.06. The quantitative estimate of drug-likeness (QED) is 0.144. The van der Waals surface area contributed by atoms with Gasteiger partial charge in [0.25, 0.3) is 0 Å². The Morgan fingerprint density at radius 1 is 0.440 bits per heavy atom. The molecule has 0 heterocycles. The molecule has 0 aliphatic heterocycles. The molecule has 0 amide bonds. The molecule has 0 N–H and O–H groups in total. The van der Waals surface area contributed by atoms with Crippen molar-refractivity contribution in [1.29, 1.82) is 0 Å². The third-order valence-electron chi connectivity index (χ3n) is 5.21. The molecular weight excluding hydrogens is 302 g/mol. The Morgan fingerprint density at radius 3 is 1.24 bits per heavy atom. The van der Waals surface area contributed by atoms with Crippen LogP contribution in [0.4, 0.5) is 0 Å². The molecule has 0 atom stereocenters. The molecule has 0 saturated carbocycles. The van der Waals surface area contributed by atoms with Crippen LogP contribution >= 0.6 is 0 Å². The third kappa shape index (κ3) is 23.7. The Morgan fingerprint density at radius 2 is 0.800 bits per heavy atom. The van der Waals surface area contributed by atoms with E-state index in [9.17, 15) is 0 Å². The highest BCUT2D eigenvalue weighted by Gasteiger charge is 1.93. The summed E-state index contributed by atoms with van der Waals surface area (Å²) in [7, 11) is 0. The highest BCUT2D eigenvalue weighted by Crippen LogP contribution is 2.11. The molecule has 0 rings (SSSR count). The zero-order chi connectivity index (χ0) is 18.3. The van der Waals surface area contributed by atoms with Crippen molar-refractivity contribution in [3.8, 4) is 0 Å². The second-order valence-corrected chi connectivity index (χ2v) is 7.89. The van der Waals surface area contributed by atoms with Gasteiger partial charge in [-0.1, -0.05) is 123 Å². The van der Waals surface area contributed by atoms with E-state index in [1.54, 1.807) is 0 Å². The van der Waals surface area contributed by atoms with E-state index >= 15 is 0 Å². The maximum Gasteiger partial charge on any atom is 0.0385 e. The van der Waals surface area contributed by atoms with E-state index < -0.39 is 0 Å². The lowest BCUT2D eigenvalue weighted by Gasteiger charge is -2.01. The van der Waals surface area contributed by atoms with Crippen LogP contribution in [0.1, 0.15) is 142 Å². The summed E-state index contributed by atoms with van der Waals surface area (Å²) >= 11 is 0. The minimum atomic E-state index is 1.06. The maximum atomic E-state index is 4.58. The fourth-order valence-electron chi connectivity index (χ4n) is 3.42. The average molecular weight is 352 g/mol. The predicted octanol–water partition coefficient (Wildman–Crippen LogP) is 8.90. The van der Waals surface area contributed by atoms with Crippen LogP contribution < -0.4 is 0 Å². The van der Waals surface area contributed by atoms with Crippen molar-refractivity contribution < 1.29 is 0 Å². The highest BCUT2D eigenvalue weighted by atomic mass is 14.7. The lowest BCUT2D eigenvalue weighted by molar-refractivity contribution is 0.558. The van der Waals surface area contributed by atoms with Crippen molar-refractivity contribution in [1.82, 2.24) is 0 Å². The zero-order valence-electron chi connectivity index (χ0n) is 17.9. The Hall–Kier alpha value is -0.330. The lowest BCUT2D eigenvalue weighted by Crippen LogP contribution is -1.86. The van der Waals surface area contributed by atoms with Crippen LogP contribution in [0.2, 0.25) is 0 Å². The Labute approximate surface area is 160 Å². The average Bonchev–Trinajstić information content (AvgIpc) is 2.63. The van der Waals surface area contributed by atoms with Crippen molar-refractivity contribution in [3.63, 3.8) is 0 Å². The van der Waals surface area contributed by atoms with Crippen LogP contribution in [-0.4, -0.2) is 12.8 Å². The fourth-order valence-corrected chi connectivity index (χ4v) is 3.42. The van der Waals surface area contributed by atoms with Crippen molar-refractivity contribution >= 4 is 6.21 Å². The number of unbranched alkanes of at least 4 members (excludes halogenated alkanes) is 18. The summed E-state index contributed by atoms with van der Waals surface area (Å²) in [5.41, 5.74) is 0. The number of hydrogen-bond donors (Lipinski definition) is 0. The molecule has 25 heavy (non-hydrogen) atoms. The van der Waals surface area contributed by atoms with Gasteiger partial charge in [-0.05, 0) is 25.5 Å². The Bertz CT molecular complexity index is 246. The van der Waals surface area contributed by atoms with Gasteiger partial charge in [0.15, 0.2) is 0 Å². The van der Waals surface area contributed by atoms with E-state index in [-0.39, 0.29) is 0 Å². The van der Waals surface area contributed by atoms with Crippen LogP contribution in [0.5, 0.6) is 0 Å². The van der Waals surface area contributed by atoms with E-state index in [4.69, 9.17) is 0 Å². The molecule has 0 aliphatic rings. The van der Waals surface area contributed by atoms with Crippen LogP contribution in [0.25, 0.3) is 0 Å². The molecular formula is C24H49N. The predicted molar refractivity (Wildman–Crippen MR) is 117 cm³/mol. The largest absolute Gasteiger partial charge is 0.298 e. The molecule has 0 aromatic rings. The monoisotopic (exact) mass is 351 g/mol. The summed E-state index contributed by atoms with van der Waals surface area (Å²) in [6.45, 7) is 5.64. The minimum Gasteiger partial charge on any atom is -0.298 e. The van der Waals surface area contributed by atoms with Gasteiger partial charge in [-0.15, -0.1) is 0 Å². The van der Waals surface area contributed by atoms with E-state index in [0.29, 0.717) is 0 Å². The van der Waals surface area contributed by atoms with Gasteiger partial charge in [0.2, 0.25) is 0 Å². The van der Waals surface area contributed by atoms with Gasteiger partial charge in [0, 0.05) is 6.54 Å². The SMILES string of the molecule is CCCCCCCCCCCC=NCCCCCCCCCCCC. The van der Waals surface area contributed by atoms with Crippen LogP contribution in [-0.2, 0) is 0 Å². The van der Waals surface area contributed by atoms with Gasteiger partial charge in [0.05, 0.1) is 0 Å². The van der Waals surface area contributed by atoms with Gasteiger partial charge in [-0.2, -0.15) is 0 Å². The smallest absolute Gasteiger partial charge is 0.0385 e. The van der Waals surface area contributed by atoms with Gasteiger partial charge < -0.3 is 0 Å². The molecule has 0 spiro atoms. The second-order valence-electron chi connectivity index (χ2n) is 7.89. The zero-order valence-corrected chi connectivity index (χ0v) is 17.9. The highest BCUT2D eigenvalue weighted by molar-refractivity contribution is 5.56. The van der Waals surface area contributed by atoms with E-state index in [0.717, 1.165) is 6.54 Å². The van der Waals surface area contributed by atoms with Crippen molar-refractivity contribution in [2.75, 3.05) is 6.54 Å². The van der Waals surface area contributed by atoms with Crippen LogP contribution in [0, 0.1) is 0 Å². The Balaban J connectivity index is 3.04. The molecule has 0 saturated heterocycles. The first-order chi connectivity index (χ1) is 12.4. The molecule has 0 aromatic carbocycles. The van der Waals surface area contributed by atoms with E-state index in [2.05, 4.69) is 25.1 Å². The Kier molecular flexibility index (Phi) is 23.4. The summed E-state index contributed by atoms with van der Waals surface area (Å²) in [6, 6.07) is 0. The molecule has 0 unspecified atom stereocenters. The van der Waals surface area contributed by atoms with Gasteiger partial charge in [-0.3, -0.25) is 4.99 Å². The molecule has 0 bridgehead atoms. The standard InChI is InChI=1S/C24H49N/c1-3-5-7-9-11-13-15-17-19-21-23-25-24-22-20-18-16-14-12-10-8-6-4-2/h23H,3-22,24H2,1-2H3. The van der Waals surface area contributed by atoms with Crippen LogP contribution in [0.15, 0.2) is 4.99 Å². The first-order valence-corrected chi connectivity index (χ1v) is 11.9. The fraction of sp³-hybridized carbons (Fsp3) is 0.958. The first-order valence-electron chi connectivity index (χ1n) is 11.9. The van der Waals surface area contributed by atoms with Crippen molar-refractivity contribution in [3.05, 3.63) is 0 Å². The van der Waals surface area contributed by atoms with Crippen molar-refractivity contribution in [2.24, 2.45) is 4.99 Å². The molecule has 0 fully saturated rings. The second kappa shape index (κ2) is 23.7. The lowest BCUT2D eigenvalue weighted by atomic mass is 10.1. The number of aliphatic imine (C=N–C) groups is 1. The molecule has 150 valence electrons. The number of rotatable bonds is 21. The summed E-state index contributed by atoms with van der Waals surface area (Å²) in [6.07, 6.45) is 30.3. The number of nitrogens with zero attached hydrogens (tertiary/aromatic N) is 1. The van der Waals surface area contributed by atoms with E-state index in [1.807, 2.05) is 0 Å². The summed E-state index contributed by atoms with van der Waals surface area (Å²) in [5.74, 6) is 0. The first kappa shape index (κ1) is 24.7. The topological polar surface area (TPSA) is 12.4 Å². The van der Waals surface area contributed by atoms with Gasteiger partial charge in [-0.25, -0.2) is 0 Å². The number of hydrogen-bond acceptors (Lipinski definition) is 1. The summed E-state index contributed by atoms with van der Waals surface area (Å²) < 4.78 is 0. The van der Waals surface area contributed by atoms with Gasteiger partial charge in [0.1, 0.15) is 0 Å². The molecule has 1 heteroatoms. The summed E-state index contributed by atoms with van der Waals surface area (Å²) in [4.78, 5) is 4.58.